The molecule has 1 atom stereocenters. The SMILES string of the molecule is COc1ccc(C(N)C2=CCCC2)cc1. The molecule has 80 valence electrons. The molecule has 2 nitrogen and oxygen atoms in total. The largest absolute Gasteiger partial charge is 0.497 e. The van der Waals surface area contributed by atoms with Crippen LogP contribution in [0, 0.1) is 0 Å². The van der Waals surface area contributed by atoms with Crippen molar-refractivity contribution in [3.05, 3.63) is 41.5 Å². The van der Waals surface area contributed by atoms with E-state index in [1.807, 2.05) is 24.3 Å². The molecular weight excluding hydrogens is 186 g/mol. The maximum absolute atomic E-state index is 6.18. The van der Waals surface area contributed by atoms with Crippen molar-refractivity contribution < 1.29 is 4.74 Å². The molecule has 0 fully saturated rings. The Morgan fingerprint density at radius 2 is 2.00 bits per heavy atom. The van der Waals surface area contributed by atoms with Crippen molar-refractivity contribution in [1.29, 1.82) is 0 Å². The number of rotatable bonds is 3. The minimum atomic E-state index is 0.0680. The minimum Gasteiger partial charge on any atom is -0.497 e. The Morgan fingerprint density at radius 3 is 2.53 bits per heavy atom. The molecule has 2 rings (SSSR count). The summed E-state index contributed by atoms with van der Waals surface area (Å²) in [5.74, 6) is 0.881. The third-order valence-corrected chi connectivity index (χ3v) is 2.95. The highest BCUT2D eigenvalue weighted by molar-refractivity contribution is 5.33. The summed E-state index contributed by atoms with van der Waals surface area (Å²) in [5.41, 5.74) is 8.73. The third kappa shape index (κ3) is 2.21. The van der Waals surface area contributed by atoms with Gasteiger partial charge in [-0.2, -0.15) is 0 Å². The van der Waals surface area contributed by atoms with Gasteiger partial charge in [-0.1, -0.05) is 23.8 Å². The lowest BCUT2D eigenvalue weighted by molar-refractivity contribution is 0.414. The van der Waals surface area contributed by atoms with Crippen LogP contribution in [0.2, 0.25) is 0 Å². The van der Waals surface area contributed by atoms with Crippen LogP contribution in [0.1, 0.15) is 30.9 Å². The van der Waals surface area contributed by atoms with Crippen LogP contribution in [-0.2, 0) is 0 Å². The summed E-state index contributed by atoms with van der Waals surface area (Å²) < 4.78 is 5.12. The molecule has 1 aliphatic carbocycles. The number of allylic oxidation sites excluding steroid dienone is 1. The molecule has 0 radical (unpaired) electrons. The van der Waals surface area contributed by atoms with Crippen molar-refractivity contribution in [3.8, 4) is 5.75 Å². The van der Waals surface area contributed by atoms with E-state index >= 15 is 0 Å². The summed E-state index contributed by atoms with van der Waals surface area (Å²) in [6.07, 6.45) is 5.85. The summed E-state index contributed by atoms with van der Waals surface area (Å²) in [7, 11) is 1.68. The quantitative estimate of drug-likeness (QED) is 0.767. The van der Waals surface area contributed by atoms with Gasteiger partial charge in [0.1, 0.15) is 5.75 Å². The molecule has 0 spiro atoms. The van der Waals surface area contributed by atoms with Gasteiger partial charge in [-0.15, -0.1) is 0 Å². The van der Waals surface area contributed by atoms with Crippen LogP contribution >= 0.6 is 0 Å². The Morgan fingerprint density at radius 1 is 1.27 bits per heavy atom. The molecule has 1 aromatic carbocycles. The highest BCUT2D eigenvalue weighted by atomic mass is 16.5. The second-order valence-electron chi connectivity index (χ2n) is 3.92. The van der Waals surface area contributed by atoms with Crippen molar-refractivity contribution in [2.75, 3.05) is 7.11 Å². The molecule has 0 aromatic heterocycles. The van der Waals surface area contributed by atoms with Crippen LogP contribution < -0.4 is 10.5 Å². The van der Waals surface area contributed by atoms with Gasteiger partial charge in [0.2, 0.25) is 0 Å². The first-order chi connectivity index (χ1) is 7.31. The van der Waals surface area contributed by atoms with Crippen LogP contribution in [0.4, 0.5) is 0 Å². The fourth-order valence-corrected chi connectivity index (χ4v) is 2.00. The molecule has 2 heteroatoms. The van der Waals surface area contributed by atoms with E-state index in [1.165, 1.54) is 24.0 Å². The van der Waals surface area contributed by atoms with Gasteiger partial charge >= 0.3 is 0 Å². The fraction of sp³-hybridized carbons (Fsp3) is 0.385. The van der Waals surface area contributed by atoms with Crippen LogP contribution in [-0.4, -0.2) is 7.11 Å². The fourth-order valence-electron chi connectivity index (χ4n) is 2.00. The Labute approximate surface area is 90.7 Å². The normalized spacial score (nSPS) is 17.3. The molecule has 2 N–H and O–H groups in total. The van der Waals surface area contributed by atoms with E-state index in [1.54, 1.807) is 7.11 Å². The van der Waals surface area contributed by atoms with Crippen molar-refractivity contribution in [2.45, 2.75) is 25.3 Å². The first-order valence-electron chi connectivity index (χ1n) is 5.39. The lowest BCUT2D eigenvalue weighted by Crippen LogP contribution is -2.11. The lowest BCUT2D eigenvalue weighted by Gasteiger charge is -2.13. The summed E-state index contributed by atoms with van der Waals surface area (Å²) in [6, 6.07) is 8.08. The van der Waals surface area contributed by atoms with Gasteiger partial charge in [0.05, 0.1) is 13.2 Å². The molecule has 0 amide bonds. The predicted molar refractivity (Wildman–Crippen MR) is 61.9 cm³/mol. The molecule has 0 bridgehead atoms. The van der Waals surface area contributed by atoms with E-state index in [2.05, 4.69) is 6.08 Å². The Balaban J connectivity index is 2.14. The van der Waals surface area contributed by atoms with Crippen molar-refractivity contribution in [3.63, 3.8) is 0 Å². The molecule has 1 aliphatic rings. The zero-order chi connectivity index (χ0) is 10.7. The van der Waals surface area contributed by atoms with E-state index < -0.39 is 0 Å². The maximum Gasteiger partial charge on any atom is 0.118 e. The topological polar surface area (TPSA) is 35.2 Å². The zero-order valence-electron chi connectivity index (χ0n) is 9.07. The molecule has 1 aromatic rings. The number of hydrogen-bond donors (Lipinski definition) is 1. The maximum atomic E-state index is 6.18. The average Bonchev–Trinajstić information content (AvgIpc) is 2.82. The van der Waals surface area contributed by atoms with Gasteiger partial charge in [-0.05, 0) is 37.0 Å². The van der Waals surface area contributed by atoms with Gasteiger partial charge in [-0.3, -0.25) is 0 Å². The van der Waals surface area contributed by atoms with E-state index in [0.29, 0.717) is 0 Å². The standard InChI is InChI=1S/C13H17NO/c1-15-12-8-6-11(7-9-12)13(14)10-4-2-3-5-10/h4,6-9,13H,2-3,5,14H2,1H3. The van der Waals surface area contributed by atoms with Crippen LogP contribution in [0.25, 0.3) is 0 Å². The Hall–Kier alpha value is -1.28. The van der Waals surface area contributed by atoms with Crippen molar-refractivity contribution in [2.24, 2.45) is 5.73 Å². The second-order valence-corrected chi connectivity index (χ2v) is 3.92. The molecule has 0 saturated carbocycles. The van der Waals surface area contributed by atoms with Gasteiger partial charge < -0.3 is 10.5 Å². The van der Waals surface area contributed by atoms with Crippen LogP contribution in [0.3, 0.4) is 0 Å². The first kappa shape index (κ1) is 10.2. The molecule has 15 heavy (non-hydrogen) atoms. The summed E-state index contributed by atoms with van der Waals surface area (Å²) >= 11 is 0. The highest BCUT2D eigenvalue weighted by Gasteiger charge is 2.14. The molecule has 0 aliphatic heterocycles. The zero-order valence-corrected chi connectivity index (χ0v) is 9.07. The summed E-state index contributed by atoms with van der Waals surface area (Å²) in [6.45, 7) is 0. The van der Waals surface area contributed by atoms with E-state index in [4.69, 9.17) is 10.5 Å². The van der Waals surface area contributed by atoms with E-state index in [0.717, 1.165) is 12.2 Å². The molecule has 0 saturated heterocycles. The van der Waals surface area contributed by atoms with Crippen LogP contribution in [0.15, 0.2) is 35.9 Å². The number of nitrogens with two attached hydrogens (primary N) is 1. The molecule has 0 heterocycles. The highest BCUT2D eigenvalue weighted by Crippen LogP contribution is 2.29. The Bertz CT molecular complexity index is 353. The second kappa shape index (κ2) is 4.49. The van der Waals surface area contributed by atoms with Crippen molar-refractivity contribution >= 4 is 0 Å². The van der Waals surface area contributed by atoms with E-state index in [9.17, 15) is 0 Å². The van der Waals surface area contributed by atoms with Gasteiger partial charge in [-0.25, -0.2) is 0 Å². The average molecular weight is 203 g/mol. The van der Waals surface area contributed by atoms with Gasteiger partial charge in [0.15, 0.2) is 0 Å². The Kier molecular flexibility index (Phi) is 3.07. The molecule has 1 unspecified atom stereocenters. The molecular formula is C13H17NO. The third-order valence-electron chi connectivity index (χ3n) is 2.95. The van der Waals surface area contributed by atoms with Crippen molar-refractivity contribution in [1.82, 2.24) is 0 Å². The van der Waals surface area contributed by atoms with Gasteiger partial charge in [0, 0.05) is 0 Å². The van der Waals surface area contributed by atoms with Crippen LogP contribution in [0.5, 0.6) is 5.75 Å². The lowest BCUT2D eigenvalue weighted by atomic mass is 9.99. The van der Waals surface area contributed by atoms with E-state index in [-0.39, 0.29) is 6.04 Å². The minimum absolute atomic E-state index is 0.0680. The predicted octanol–water partition coefficient (Wildman–Crippen LogP) is 2.81. The number of methoxy groups -OCH3 is 1. The number of benzene rings is 1. The summed E-state index contributed by atoms with van der Waals surface area (Å²) in [4.78, 5) is 0. The van der Waals surface area contributed by atoms with Gasteiger partial charge in [0.25, 0.3) is 0 Å². The summed E-state index contributed by atoms with van der Waals surface area (Å²) in [5, 5.41) is 0. The smallest absolute Gasteiger partial charge is 0.118 e. The monoisotopic (exact) mass is 203 g/mol. The number of ether oxygens (including phenoxy) is 1. The number of hydrogen-bond acceptors (Lipinski definition) is 2. The first-order valence-corrected chi connectivity index (χ1v) is 5.39.